The number of nitrogens with one attached hydrogen (secondary N) is 1. The average molecular weight is 250 g/mol. The van der Waals surface area contributed by atoms with Gasteiger partial charge in [-0.25, -0.2) is 4.79 Å². The van der Waals surface area contributed by atoms with Gasteiger partial charge in [0.15, 0.2) is 5.69 Å². The molecule has 2 heterocycles. The zero-order valence-electron chi connectivity index (χ0n) is 9.45. The highest BCUT2D eigenvalue weighted by molar-refractivity contribution is 5.94. The van der Waals surface area contributed by atoms with E-state index < -0.39 is 11.9 Å². The number of aromatic amines is 1. The fourth-order valence-electron chi connectivity index (χ4n) is 1.38. The molecule has 0 aliphatic rings. The van der Waals surface area contributed by atoms with Gasteiger partial charge in [0.1, 0.15) is 0 Å². The second kappa shape index (κ2) is 4.70. The standard InChI is InChI=1S/C10H10N4O4/c1-14(5-6-3-11-12-4-6)9(15)7-2-8(10(16)17)18-13-7/h2-4H,5H2,1H3,(H,11,12)(H,16,17). The summed E-state index contributed by atoms with van der Waals surface area (Å²) in [6.45, 7) is 0.338. The number of H-pyrrole nitrogens is 1. The van der Waals surface area contributed by atoms with E-state index in [0.717, 1.165) is 11.6 Å². The van der Waals surface area contributed by atoms with Gasteiger partial charge in [0.25, 0.3) is 5.91 Å². The van der Waals surface area contributed by atoms with Crippen molar-refractivity contribution in [2.45, 2.75) is 6.54 Å². The lowest BCUT2D eigenvalue weighted by Gasteiger charge is -2.13. The van der Waals surface area contributed by atoms with Crippen molar-refractivity contribution < 1.29 is 19.2 Å². The third-order valence-electron chi connectivity index (χ3n) is 2.26. The first-order valence-electron chi connectivity index (χ1n) is 5.01. The van der Waals surface area contributed by atoms with Crippen LogP contribution in [-0.4, -0.2) is 44.3 Å². The molecular weight excluding hydrogens is 240 g/mol. The van der Waals surface area contributed by atoms with Gasteiger partial charge in [0, 0.05) is 31.4 Å². The molecule has 0 aliphatic carbocycles. The van der Waals surface area contributed by atoms with Crippen LogP contribution >= 0.6 is 0 Å². The summed E-state index contributed by atoms with van der Waals surface area (Å²) in [5.41, 5.74) is 0.784. The zero-order valence-corrected chi connectivity index (χ0v) is 9.45. The molecule has 8 nitrogen and oxygen atoms in total. The second-order valence-electron chi connectivity index (χ2n) is 3.65. The Kier molecular flexibility index (Phi) is 3.09. The second-order valence-corrected chi connectivity index (χ2v) is 3.65. The van der Waals surface area contributed by atoms with Crippen LogP contribution < -0.4 is 0 Å². The molecule has 0 saturated carbocycles. The maximum Gasteiger partial charge on any atom is 0.374 e. The Bertz CT molecular complexity index is 560. The van der Waals surface area contributed by atoms with Crippen LogP contribution in [0.25, 0.3) is 0 Å². The Morgan fingerprint density at radius 3 is 2.89 bits per heavy atom. The highest BCUT2D eigenvalue weighted by Gasteiger charge is 2.19. The third-order valence-corrected chi connectivity index (χ3v) is 2.26. The summed E-state index contributed by atoms with van der Waals surface area (Å²) >= 11 is 0. The molecule has 2 aromatic rings. The van der Waals surface area contributed by atoms with E-state index in [4.69, 9.17) is 5.11 Å². The van der Waals surface area contributed by atoms with Crippen LogP contribution in [0.1, 0.15) is 26.6 Å². The minimum Gasteiger partial charge on any atom is -0.475 e. The van der Waals surface area contributed by atoms with Crippen molar-refractivity contribution in [2.24, 2.45) is 0 Å². The fraction of sp³-hybridized carbons (Fsp3) is 0.200. The van der Waals surface area contributed by atoms with Crippen LogP contribution in [0.2, 0.25) is 0 Å². The van der Waals surface area contributed by atoms with Crippen LogP contribution in [-0.2, 0) is 6.54 Å². The Labute approximate surface area is 101 Å². The molecule has 1 amide bonds. The van der Waals surface area contributed by atoms with Gasteiger partial charge >= 0.3 is 5.97 Å². The molecule has 0 spiro atoms. The summed E-state index contributed by atoms with van der Waals surface area (Å²) in [7, 11) is 1.57. The molecule has 2 rings (SSSR count). The van der Waals surface area contributed by atoms with E-state index in [2.05, 4.69) is 19.9 Å². The van der Waals surface area contributed by atoms with Gasteiger partial charge in [-0.3, -0.25) is 9.89 Å². The average Bonchev–Trinajstić information content (AvgIpc) is 2.98. The number of rotatable bonds is 4. The largest absolute Gasteiger partial charge is 0.475 e. The van der Waals surface area contributed by atoms with Crippen LogP contribution in [0.15, 0.2) is 23.0 Å². The van der Waals surface area contributed by atoms with E-state index in [0.29, 0.717) is 6.54 Å². The molecule has 0 fully saturated rings. The minimum absolute atomic E-state index is 0.0432. The van der Waals surface area contributed by atoms with E-state index in [1.807, 2.05) is 0 Å². The predicted molar refractivity (Wildman–Crippen MR) is 57.8 cm³/mol. The molecule has 0 radical (unpaired) electrons. The normalized spacial score (nSPS) is 10.3. The van der Waals surface area contributed by atoms with Crippen LogP contribution in [0.4, 0.5) is 0 Å². The van der Waals surface area contributed by atoms with Crippen molar-refractivity contribution in [1.29, 1.82) is 0 Å². The summed E-state index contributed by atoms with van der Waals surface area (Å²) in [4.78, 5) is 23.9. The third kappa shape index (κ3) is 2.37. The SMILES string of the molecule is CN(Cc1cn[nH]c1)C(=O)c1cc(C(=O)O)on1. The van der Waals surface area contributed by atoms with Gasteiger partial charge in [-0.2, -0.15) is 5.10 Å². The van der Waals surface area contributed by atoms with E-state index in [-0.39, 0.29) is 11.5 Å². The molecule has 0 aromatic carbocycles. The quantitative estimate of drug-likeness (QED) is 0.810. The molecule has 8 heteroatoms. The van der Waals surface area contributed by atoms with Crippen LogP contribution in [0, 0.1) is 0 Å². The van der Waals surface area contributed by atoms with Crippen molar-refractivity contribution in [1.82, 2.24) is 20.3 Å². The number of amides is 1. The maximum atomic E-state index is 11.9. The summed E-state index contributed by atoms with van der Waals surface area (Å²) < 4.78 is 4.52. The van der Waals surface area contributed by atoms with E-state index in [1.165, 1.54) is 4.90 Å². The molecule has 0 aliphatic heterocycles. The number of carboxylic acid groups (broad SMARTS) is 1. The van der Waals surface area contributed by atoms with Gasteiger partial charge in [0.2, 0.25) is 5.76 Å². The number of aromatic nitrogens is 3. The fourth-order valence-corrected chi connectivity index (χ4v) is 1.38. The summed E-state index contributed by atoms with van der Waals surface area (Å²) in [5, 5.41) is 18.5. The van der Waals surface area contributed by atoms with Crippen molar-refractivity contribution in [3.63, 3.8) is 0 Å². The molecule has 94 valence electrons. The van der Waals surface area contributed by atoms with E-state index >= 15 is 0 Å². The zero-order chi connectivity index (χ0) is 13.1. The number of carbonyl (C=O) groups is 2. The molecule has 0 atom stereocenters. The van der Waals surface area contributed by atoms with Crippen molar-refractivity contribution in [3.05, 3.63) is 35.5 Å². The van der Waals surface area contributed by atoms with Crippen molar-refractivity contribution in [3.8, 4) is 0 Å². The molecule has 18 heavy (non-hydrogen) atoms. The lowest BCUT2D eigenvalue weighted by Crippen LogP contribution is -2.26. The number of nitrogens with zero attached hydrogens (tertiary/aromatic N) is 3. The molecule has 0 bridgehead atoms. The number of carbonyl (C=O) groups excluding carboxylic acids is 1. The van der Waals surface area contributed by atoms with Gasteiger partial charge < -0.3 is 14.5 Å². The van der Waals surface area contributed by atoms with E-state index in [9.17, 15) is 9.59 Å². The first-order chi connectivity index (χ1) is 8.58. The number of carboxylic acids is 1. The molecule has 0 unspecified atom stereocenters. The first-order valence-corrected chi connectivity index (χ1v) is 5.01. The van der Waals surface area contributed by atoms with Crippen molar-refractivity contribution >= 4 is 11.9 Å². The number of hydrogen-bond donors (Lipinski definition) is 2. The smallest absolute Gasteiger partial charge is 0.374 e. The summed E-state index contributed by atoms with van der Waals surface area (Å²) in [6, 6.07) is 1.09. The Morgan fingerprint density at radius 2 is 2.33 bits per heavy atom. The lowest BCUT2D eigenvalue weighted by atomic mass is 10.3. The number of aromatic carboxylic acids is 1. The predicted octanol–water partition coefficient (Wildman–Crippen LogP) is 0.368. The molecule has 2 aromatic heterocycles. The Balaban J connectivity index is 2.08. The lowest BCUT2D eigenvalue weighted by molar-refractivity contribution is 0.0649. The molecular formula is C10H10N4O4. The monoisotopic (exact) mass is 250 g/mol. The highest BCUT2D eigenvalue weighted by Crippen LogP contribution is 2.08. The minimum atomic E-state index is -1.26. The van der Waals surface area contributed by atoms with Crippen LogP contribution in [0.3, 0.4) is 0 Å². The van der Waals surface area contributed by atoms with Gasteiger partial charge in [-0.05, 0) is 0 Å². The maximum absolute atomic E-state index is 11.9. The van der Waals surface area contributed by atoms with E-state index in [1.54, 1.807) is 19.4 Å². The van der Waals surface area contributed by atoms with Gasteiger partial charge in [-0.1, -0.05) is 5.16 Å². The van der Waals surface area contributed by atoms with Gasteiger partial charge in [0.05, 0.1) is 6.20 Å². The molecule has 0 saturated heterocycles. The first kappa shape index (κ1) is 11.8. The highest BCUT2D eigenvalue weighted by atomic mass is 16.5. The van der Waals surface area contributed by atoms with Crippen molar-refractivity contribution in [2.75, 3.05) is 7.05 Å². The topological polar surface area (TPSA) is 112 Å². The summed E-state index contributed by atoms with van der Waals surface area (Å²) in [6.07, 6.45) is 3.25. The molecule has 2 N–H and O–H groups in total. The summed E-state index contributed by atoms with van der Waals surface area (Å²) in [5.74, 6) is -2.05. The van der Waals surface area contributed by atoms with Crippen LogP contribution in [0.5, 0.6) is 0 Å². The van der Waals surface area contributed by atoms with Gasteiger partial charge in [-0.15, -0.1) is 0 Å². The Morgan fingerprint density at radius 1 is 1.56 bits per heavy atom. The number of hydrogen-bond acceptors (Lipinski definition) is 5. The Hall–Kier alpha value is -2.64.